The molecule has 2 amide bonds. The number of thiazole rings is 1. The van der Waals surface area contributed by atoms with Crippen molar-refractivity contribution in [1.82, 2.24) is 9.88 Å². The number of carboxylic acids is 1. The molecule has 1 saturated carbocycles. The summed E-state index contributed by atoms with van der Waals surface area (Å²) in [6, 6.07) is 4.28. The lowest BCUT2D eigenvalue weighted by atomic mass is 9.86. The third-order valence-electron chi connectivity index (χ3n) is 5.82. The molecule has 1 aliphatic rings. The number of hydrogen-bond acceptors (Lipinski definition) is 5. The Bertz CT molecular complexity index is 973. The maximum absolute atomic E-state index is 13.7. The number of halogens is 2. The predicted octanol–water partition coefficient (Wildman–Crippen LogP) is 6.55. The number of hydrogen-bond donors (Lipinski definition) is 2. The maximum atomic E-state index is 13.7. The largest absolute Gasteiger partial charge is 0.480 e. The van der Waals surface area contributed by atoms with Gasteiger partial charge in [-0.15, -0.1) is 0 Å². The first kappa shape index (κ1) is 25.8. The second-order valence-corrected chi connectivity index (χ2v) is 12.4. The van der Waals surface area contributed by atoms with Gasteiger partial charge in [0.05, 0.1) is 10.4 Å². The number of rotatable bonds is 8. The molecule has 1 aromatic carbocycles. The van der Waals surface area contributed by atoms with E-state index in [-0.39, 0.29) is 12.1 Å². The maximum Gasteiger partial charge on any atom is 0.323 e. The minimum atomic E-state index is -0.995. The van der Waals surface area contributed by atoms with Gasteiger partial charge < -0.3 is 10.0 Å². The second kappa shape index (κ2) is 11.1. The van der Waals surface area contributed by atoms with Crippen molar-refractivity contribution < 1.29 is 19.1 Å². The van der Waals surface area contributed by atoms with Crippen molar-refractivity contribution >= 4 is 51.8 Å². The zero-order valence-corrected chi connectivity index (χ0v) is 21.3. The van der Waals surface area contributed by atoms with E-state index in [2.05, 4.69) is 17.2 Å². The van der Waals surface area contributed by atoms with E-state index in [1.807, 2.05) is 4.90 Å². The lowest BCUT2D eigenvalue weighted by molar-refractivity contribution is -0.138. The van der Waals surface area contributed by atoms with Gasteiger partial charge in [0.15, 0.2) is 5.13 Å². The van der Waals surface area contributed by atoms with E-state index in [4.69, 9.17) is 11.6 Å². The van der Waals surface area contributed by atoms with Crippen molar-refractivity contribution in [3.8, 4) is 0 Å². The standard InChI is InChI=1S/C23H29ClFN3O3S2/c1-14-4-6-18(7-5-14)28(9-8-15-10-16(24)12-17(25)11-15)22(31)27-21-26-13-19(32-21)33-23(2,3)20(29)30/h10-14,18H,4-9H2,1-3H3,(H,29,30)(H,26,27,31)/t14-,18-. The Kier molecular flexibility index (Phi) is 8.64. The van der Waals surface area contributed by atoms with Crippen molar-refractivity contribution in [2.75, 3.05) is 11.9 Å². The van der Waals surface area contributed by atoms with Crippen LogP contribution in [0.2, 0.25) is 5.02 Å². The molecule has 0 radical (unpaired) electrons. The number of carboxylic acid groups (broad SMARTS) is 1. The Hall–Kier alpha value is -1.84. The molecular formula is C23H29ClFN3O3S2. The molecular weight excluding hydrogens is 485 g/mol. The highest BCUT2D eigenvalue weighted by atomic mass is 35.5. The summed E-state index contributed by atoms with van der Waals surface area (Å²) < 4.78 is 13.5. The molecule has 0 unspecified atom stereocenters. The van der Waals surface area contributed by atoms with Gasteiger partial charge in [0.1, 0.15) is 10.6 Å². The smallest absolute Gasteiger partial charge is 0.323 e. The Morgan fingerprint density at radius 1 is 1.30 bits per heavy atom. The van der Waals surface area contributed by atoms with E-state index < -0.39 is 16.5 Å². The second-order valence-electron chi connectivity index (χ2n) is 8.97. The lowest BCUT2D eigenvalue weighted by Gasteiger charge is -2.36. The predicted molar refractivity (Wildman–Crippen MR) is 132 cm³/mol. The van der Waals surface area contributed by atoms with Crippen molar-refractivity contribution in [2.45, 2.75) is 67.9 Å². The Morgan fingerprint density at radius 2 is 2.00 bits per heavy atom. The van der Waals surface area contributed by atoms with Crippen LogP contribution in [-0.4, -0.2) is 44.3 Å². The number of aromatic nitrogens is 1. The number of anilines is 1. The molecule has 180 valence electrons. The summed E-state index contributed by atoms with van der Waals surface area (Å²) in [5.74, 6) is -0.664. The average Bonchev–Trinajstić information content (AvgIpc) is 3.14. The van der Waals surface area contributed by atoms with E-state index >= 15 is 0 Å². The van der Waals surface area contributed by atoms with Crippen LogP contribution >= 0.6 is 34.7 Å². The monoisotopic (exact) mass is 513 g/mol. The number of nitrogens with zero attached hydrogens (tertiary/aromatic N) is 2. The third-order valence-corrected chi connectivity index (χ3v) is 8.24. The number of nitrogens with one attached hydrogen (secondary N) is 1. The summed E-state index contributed by atoms with van der Waals surface area (Å²) in [6.07, 6.45) is 6.03. The molecule has 0 spiro atoms. The van der Waals surface area contributed by atoms with Gasteiger partial charge in [0, 0.05) is 17.6 Å². The highest BCUT2D eigenvalue weighted by molar-refractivity contribution is 8.03. The van der Waals surface area contributed by atoms with Crippen LogP contribution in [0.5, 0.6) is 0 Å². The summed E-state index contributed by atoms with van der Waals surface area (Å²) in [7, 11) is 0. The summed E-state index contributed by atoms with van der Waals surface area (Å²) in [6.45, 7) is 5.91. The zero-order chi connectivity index (χ0) is 24.2. The van der Waals surface area contributed by atoms with E-state index in [0.29, 0.717) is 33.2 Å². The first-order valence-electron chi connectivity index (χ1n) is 10.9. The molecule has 0 aliphatic heterocycles. The van der Waals surface area contributed by atoms with Gasteiger partial charge in [-0.3, -0.25) is 10.1 Å². The topological polar surface area (TPSA) is 82.5 Å². The molecule has 10 heteroatoms. The molecule has 6 nitrogen and oxygen atoms in total. The first-order valence-corrected chi connectivity index (χ1v) is 13.0. The van der Waals surface area contributed by atoms with Gasteiger partial charge in [-0.05, 0) is 75.6 Å². The number of benzene rings is 1. The van der Waals surface area contributed by atoms with Crippen molar-refractivity contribution in [3.63, 3.8) is 0 Å². The highest BCUT2D eigenvalue weighted by Gasteiger charge is 2.30. The van der Waals surface area contributed by atoms with Crippen molar-refractivity contribution in [2.24, 2.45) is 5.92 Å². The van der Waals surface area contributed by atoms with Crippen LogP contribution in [0.1, 0.15) is 52.0 Å². The molecule has 1 fully saturated rings. The van der Waals surface area contributed by atoms with Crippen LogP contribution in [0.25, 0.3) is 0 Å². The van der Waals surface area contributed by atoms with Crippen molar-refractivity contribution in [3.05, 3.63) is 40.8 Å². The quantitative estimate of drug-likeness (QED) is 0.391. The fourth-order valence-electron chi connectivity index (χ4n) is 3.83. The number of urea groups is 1. The lowest BCUT2D eigenvalue weighted by Crippen LogP contribution is -2.45. The van der Waals surface area contributed by atoms with Crippen LogP contribution in [0, 0.1) is 11.7 Å². The fourth-order valence-corrected chi connectivity index (χ4v) is 6.34. The number of aliphatic carboxylic acids is 1. The Labute approximate surface area is 206 Å². The molecule has 3 rings (SSSR count). The molecule has 1 heterocycles. The third kappa shape index (κ3) is 7.32. The van der Waals surface area contributed by atoms with E-state index in [1.165, 1.54) is 35.2 Å². The van der Waals surface area contributed by atoms with Gasteiger partial charge in [-0.1, -0.05) is 41.6 Å². The molecule has 0 saturated heterocycles. The summed E-state index contributed by atoms with van der Waals surface area (Å²) in [4.78, 5) is 30.7. The van der Waals surface area contributed by atoms with Gasteiger partial charge in [-0.2, -0.15) is 0 Å². The number of thioether (sulfide) groups is 1. The van der Waals surface area contributed by atoms with Crippen LogP contribution in [0.15, 0.2) is 28.6 Å². The number of amides is 2. The van der Waals surface area contributed by atoms with E-state index in [0.717, 1.165) is 31.2 Å². The van der Waals surface area contributed by atoms with Crippen LogP contribution < -0.4 is 5.32 Å². The molecule has 1 aliphatic carbocycles. The summed E-state index contributed by atoms with van der Waals surface area (Å²) in [5, 5.41) is 13.0. The molecule has 0 atom stereocenters. The number of carbonyl (C=O) groups excluding carboxylic acids is 1. The van der Waals surface area contributed by atoms with E-state index in [1.54, 1.807) is 26.1 Å². The van der Waals surface area contributed by atoms with E-state index in [9.17, 15) is 19.1 Å². The fraction of sp³-hybridized carbons (Fsp3) is 0.522. The van der Waals surface area contributed by atoms with Gasteiger partial charge in [0.25, 0.3) is 0 Å². The van der Waals surface area contributed by atoms with Gasteiger partial charge in [0.2, 0.25) is 0 Å². The van der Waals surface area contributed by atoms with Crippen molar-refractivity contribution in [1.29, 1.82) is 0 Å². The van der Waals surface area contributed by atoms with Crippen LogP contribution in [-0.2, 0) is 11.2 Å². The SMILES string of the molecule is CC(C)(Sc1cnc(NC(=O)N(CCc2cc(F)cc(Cl)c2)[C@H]2CC[C@H](C)CC2)s1)C(=O)O. The normalized spacial score (nSPS) is 18.7. The Morgan fingerprint density at radius 3 is 2.64 bits per heavy atom. The summed E-state index contributed by atoms with van der Waals surface area (Å²) in [5.41, 5.74) is 0.741. The summed E-state index contributed by atoms with van der Waals surface area (Å²) >= 11 is 8.43. The minimum Gasteiger partial charge on any atom is -0.480 e. The van der Waals surface area contributed by atoms with Crippen LogP contribution in [0.3, 0.4) is 0 Å². The average molecular weight is 514 g/mol. The van der Waals surface area contributed by atoms with Gasteiger partial charge in [-0.25, -0.2) is 14.2 Å². The number of carbonyl (C=O) groups is 2. The van der Waals surface area contributed by atoms with Gasteiger partial charge >= 0.3 is 12.0 Å². The minimum absolute atomic E-state index is 0.102. The molecule has 33 heavy (non-hydrogen) atoms. The van der Waals surface area contributed by atoms with Crippen LogP contribution in [0.4, 0.5) is 14.3 Å². The molecule has 2 aromatic rings. The zero-order valence-electron chi connectivity index (χ0n) is 18.9. The molecule has 1 aromatic heterocycles. The molecule has 2 N–H and O–H groups in total. The molecule has 0 bridgehead atoms. The Balaban J connectivity index is 1.70. The first-order chi connectivity index (χ1) is 15.5. The highest BCUT2D eigenvalue weighted by Crippen LogP contribution is 2.37.